The van der Waals surface area contributed by atoms with Crippen LogP contribution >= 0.6 is 11.6 Å². The van der Waals surface area contributed by atoms with Gasteiger partial charge in [-0.2, -0.15) is 0 Å². The summed E-state index contributed by atoms with van der Waals surface area (Å²) in [6, 6.07) is 12.6. The minimum absolute atomic E-state index is 0.0975. The van der Waals surface area contributed by atoms with Crippen molar-refractivity contribution in [3.05, 3.63) is 64.9 Å². The maximum Gasteiger partial charge on any atom is 0.254 e. The fourth-order valence-electron chi connectivity index (χ4n) is 3.12. The van der Waals surface area contributed by atoms with E-state index in [2.05, 4.69) is 10.6 Å². The fourth-order valence-corrected chi connectivity index (χ4v) is 3.30. The summed E-state index contributed by atoms with van der Waals surface area (Å²) in [6.07, 6.45) is 0. The van der Waals surface area contributed by atoms with Crippen molar-refractivity contribution in [3.63, 3.8) is 0 Å². The highest BCUT2D eigenvalue weighted by molar-refractivity contribution is 6.33. The number of hydrogen-bond acceptors (Lipinski definition) is 4. The molecule has 0 atom stereocenters. The van der Waals surface area contributed by atoms with Gasteiger partial charge in [0.05, 0.1) is 29.4 Å². The fraction of sp³-hybridized carbons (Fsp3) is 0.286. The number of hydrogen-bond donors (Lipinski definition) is 2. The Kier molecular flexibility index (Phi) is 7.37. The quantitative estimate of drug-likeness (QED) is 0.731. The average molecular weight is 433 g/mol. The predicted octanol–water partition coefficient (Wildman–Crippen LogP) is 1.99. The van der Waals surface area contributed by atoms with Gasteiger partial charge in [-0.15, -0.1) is 0 Å². The average Bonchev–Trinajstić information content (AvgIpc) is 2.74. The van der Waals surface area contributed by atoms with Gasteiger partial charge in [-0.05, 0) is 24.3 Å². The first-order valence-electron chi connectivity index (χ1n) is 9.51. The molecule has 0 aromatic heterocycles. The molecule has 0 bridgehead atoms. The Morgan fingerprint density at radius 1 is 0.967 bits per heavy atom. The van der Waals surface area contributed by atoms with Gasteiger partial charge in [-0.3, -0.25) is 19.3 Å². The van der Waals surface area contributed by atoms with E-state index >= 15 is 0 Å². The molecule has 2 aromatic rings. The van der Waals surface area contributed by atoms with E-state index in [1.165, 1.54) is 18.2 Å². The SMILES string of the molecule is O=C(CN1CCN(C(=O)CNC(=O)c2ccccc2F)CC1)Nc1ccccc1Cl. The van der Waals surface area contributed by atoms with Gasteiger partial charge in [0, 0.05) is 26.2 Å². The van der Waals surface area contributed by atoms with Crippen molar-refractivity contribution in [2.75, 3.05) is 44.6 Å². The number of nitrogens with zero attached hydrogens (tertiary/aromatic N) is 2. The standard InChI is InChI=1S/C21H22ClFN4O3/c22-16-6-2-4-8-18(16)25-19(28)14-26-9-11-27(12-10-26)20(29)13-24-21(30)15-5-1-3-7-17(15)23/h1-8H,9-14H2,(H,24,30)(H,25,28). The molecule has 2 aromatic carbocycles. The van der Waals surface area contributed by atoms with Gasteiger partial charge in [0.1, 0.15) is 5.82 Å². The number of para-hydroxylation sites is 1. The van der Waals surface area contributed by atoms with Crippen LogP contribution in [0.1, 0.15) is 10.4 Å². The Morgan fingerprint density at radius 2 is 1.63 bits per heavy atom. The molecule has 2 N–H and O–H groups in total. The molecule has 1 aliphatic heterocycles. The largest absolute Gasteiger partial charge is 0.343 e. The summed E-state index contributed by atoms with van der Waals surface area (Å²) >= 11 is 6.04. The molecule has 0 saturated carbocycles. The molecule has 1 fully saturated rings. The van der Waals surface area contributed by atoms with Crippen LogP contribution in [-0.4, -0.2) is 66.8 Å². The van der Waals surface area contributed by atoms with Gasteiger partial charge in [-0.1, -0.05) is 35.9 Å². The molecule has 1 saturated heterocycles. The molecule has 1 aliphatic rings. The van der Waals surface area contributed by atoms with E-state index in [9.17, 15) is 18.8 Å². The molecule has 0 radical (unpaired) electrons. The van der Waals surface area contributed by atoms with Crippen molar-refractivity contribution >= 4 is 35.0 Å². The van der Waals surface area contributed by atoms with Gasteiger partial charge >= 0.3 is 0 Å². The van der Waals surface area contributed by atoms with E-state index in [1.807, 2.05) is 4.90 Å². The van der Waals surface area contributed by atoms with Crippen molar-refractivity contribution in [2.24, 2.45) is 0 Å². The third-order valence-corrected chi connectivity index (χ3v) is 5.09. The molecule has 1 heterocycles. The number of amides is 3. The Labute approximate surface area is 178 Å². The van der Waals surface area contributed by atoms with Crippen molar-refractivity contribution < 1.29 is 18.8 Å². The van der Waals surface area contributed by atoms with Crippen LogP contribution in [0.2, 0.25) is 5.02 Å². The minimum atomic E-state index is -0.633. The molecule has 0 unspecified atom stereocenters. The Balaban J connectivity index is 1.41. The lowest BCUT2D eigenvalue weighted by molar-refractivity contribution is -0.132. The van der Waals surface area contributed by atoms with Crippen LogP contribution in [0.15, 0.2) is 48.5 Å². The number of rotatable bonds is 6. The van der Waals surface area contributed by atoms with Crippen molar-refractivity contribution in [3.8, 4) is 0 Å². The maximum absolute atomic E-state index is 13.6. The second-order valence-electron chi connectivity index (χ2n) is 6.85. The molecule has 0 aliphatic carbocycles. The third-order valence-electron chi connectivity index (χ3n) is 4.76. The van der Waals surface area contributed by atoms with Crippen LogP contribution in [0.3, 0.4) is 0 Å². The van der Waals surface area contributed by atoms with E-state index in [1.54, 1.807) is 35.2 Å². The van der Waals surface area contributed by atoms with Gasteiger partial charge in [0.25, 0.3) is 5.91 Å². The normalized spacial score (nSPS) is 14.3. The second-order valence-corrected chi connectivity index (χ2v) is 7.25. The maximum atomic E-state index is 13.6. The molecule has 158 valence electrons. The molecule has 3 rings (SSSR count). The van der Waals surface area contributed by atoms with Gasteiger partial charge in [-0.25, -0.2) is 4.39 Å². The van der Waals surface area contributed by atoms with E-state index in [-0.39, 0.29) is 30.5 Å². The Hall–Kier alpha value is -2.97. The summed E-state index contributed by atoms with van der Waals surface area (Å²) in [5.74, 6) is -1.69. The van der Waals surface area contributed by atoms with Crippen LogP contribution in [-0.2, 0) is 9.59 Å². The van der Waals surface area contributed by atoms with Crippen LogP contribution in [0.25, 0.3) is 0 Å². The van der Waals surface area contributed by atoms with Crippen molar-refractivity contribution in [2.45, 2.75) is 0 Å². The highest BCUT2D eigenvalue weighted by Gasteiger charge is 2.23. The number of anilines is 1. The predicted molar refractivity (Wildman–Crippen MR) is 112 cm³/mol. The Bertz CT molecular complexity index is 932. The molecular weight excluding hydrogens is 411 g/mol. The third kappa shape index (κ3) is 5.77. The lowest BCUT2D eigenvalue weighted by Gasteiger charge is -2.34. The first-order chi connectivity index (χ1) is 14.4. The van der Waals surface area contributed by atoms with Crippen molar-refractivity contribution in [1.82, 2.24) is 15.1 Å². The second kappa shape index (κ2) is 10.2. The number of benzene rings is 2. The van der Waals surface area contributed by atoms with Gasteiger partial charge in [0.2, 0.25) is 11.8 Å². The number of halogens is 2. The number of carbonyl (C=O) groups is 3. The highest BCUT2D eigenvalue weighted by atomic mass is 35.5. The van der Waals surface area contributed by atoms with Crippen LogP contribution in [0.5, 0.6) is 0 Å². The minimum Gasteiger partial charge on any atom is -0.343 e. The lowest BCUT2D eigenvalue weighted by Crippen LogP contribution is -2.52. The summed E-state index contributed by atoms with van der Waals surface area (Å²) in [5, 5.41) is 5.70. The van der Waals surface area contributed by atoms with Gasteiger partial charge in [0.15, 0.2) is 0 Å². The topological polar surface area (TPSA) is 81.8 Å². The zero-order valence-electron chi connectivity index (χ0n) is 16.2. The molecule has 9 heteroatoms. The molecular formula is C21H22ClFN4O3. The summed E-state index contributed by atoms with van der Waals surface area (Å²) in [6.45, 7) is 1.92. The van der Waals surface area contributed by atoms with Crippen LogP contribution in [0, 0.1) is 5.82 Å². The molecule has 3 amide bonds. The number of nitrogens with one attached hydrogen (secondary N) is 2. The van der Waals surface area contributed by atoms with Crippen LogP contribution < -0.4 is 10.6 Å². The zero-order chi connectivity index (χ0) is 21.5. The summed E-state index contributed by atoms with van der Waals surface area (Å²) < 4.78 is 13.6. The highest BCUT2D eigenvalue weighted by Crippen LogP contribution is 2.20. The van der Waals surface area contributed by atoms with E-state index in [0.717, 1.165) is 0 Å². The molecule has 0 spiro atoms. The summed E-state index contributed by atoms with van der Waals surface area (Å²) in [5.41, 5.74) is 0.461. The Morgan fingerprint density at radius 3 is 2.33 bits per heavy atom. The van der Waals surface area contributed by atoms with Gasteiger partial charge < -0.3 is 15.5 Å². The summed E-state index contributed by atoms with van der Waals surface area (Å²) in [4.78, 5) is 40.1. The monoisotopic (exact) mass is 432 g/mol. The van der Waals surface area contributed by atoms with Crippen molar-refractivity contribution in [1.29, 1.82) is 0 Å². The number of carbonyl (C=O) groups excluding carboxylic acids is 3. The van der Waals surface area contributed by atoms with E-state index < -0.39 is 11.7 Å². The first kappa shape index (κ1) is 21.7. The number of piperazine rings is 1. The van der Waals surface area contributed by atoms with Crippen LogP contribution in [0.4, 0.5) is 10.1 Å². The smallest absolute Gasteiger partial charge is 0.254 e. The summed E-state index contributed by atoms with van der Waals surface area (Å²) in [7, 11) is 0. The molecule has 30 heavy (non-hydrogen) atoms. The van der Waals surface area contributed by atoms with E-state index in [4.69, 9.17) is 11.6 Å². The zero-order valence-corrected chi connectivity index (χ0v) is 17.0. The van der Waals surface area contributed by atoms with E-state index in [0.29, 0.717) is 36.9 Å². The molecule has 7 nitrogen and oxygen atoms in total. The lowest BCUT2D eigenvalue weighted by atomic mass is 10.2. The first-order valence-corrected chi connectivity index (χ1v) is 9.89.